The highest BCUT2D eigenvalue weighted by Crippen LogP contribution is 2.19. The second kappa shape index (κ2) is 6.32. The van der Waals surface area contributed by atoms with Crippen LogP contribution in [0.2, 0.25) is 0 Å². The maximum absolute atomic E-state index is 11.9. The number of hydrogen-bond acceptors (Lipinski definition) is 4. The summed E-state index contributed by atoms with van der Waals surface area (Å²) in [5, 5.41) is 2.92. The molecule has 1 unspecified atom stereocenters. The molecule has 6 nitrogen and oxygen atoms in total. The molecule has 1 atom stereocenters. The Morgan fingerprint density at radius 3 is 2.71 bits per heavy atom. The molecule has 0 bridgehead atoms. The molecule has 0 aromatic carbocycles. The Hall–Kier alpha value is -0.660. The first kappa shape index (κ1) is 14.4. The molecule has 2 N–H and O–H groups in total. The highest BCUT2D eigenvalue weighted by molar-refractivity contribution is 7.89. The van der Waals surface area contributed by atoms with Crippen molar-refractivity contribution in [3.8, 4) is 0 Å². The molecule has 1 amide bonds. The number of nitrogens with zero attached hydrogens (tertiary/aromatic N) is 1. The van der Waals surface area contributed by atoms with Crippen molar-refractivity contribution in [2.45, 2.75) is 25.3 Å². The van der Waals surface area contributed by atoms with Gasteiger partial charge in [0, 0.05) is 25.6 Å². The van der Waals surface area contributed by atoms with Crippen molar-refractivity contribution in [2.24, 2.45) is 0 Å². The van der Waals surface area contributed by atoms with Crippen LogP contribution >= 0.6 is 0 Å². The Morgan fingerprint density at radius 1 is 1.41 bits per heavy atom. The molecular weight excluding hydrogens is 242 g/mol. The van der Waals surface area contributed by atoms with Crippen LogP contribution < -0.4 is 10.0 Å². The third-order valence-electron chi connectivity index (χ3n) is 3.01. The second-order valence-electron chi connectivity index (χ2n) is 4.22. The van der Waals surface area contributed by atoms with E-state index < -0.39 is 10.0 Å². The van der Waals surface area contributed by atoms with Gasteiger partial charge >= 0.3 is 0 Å². The number of amides is 1. The zero-order valence-corrected chi connectivity index (χ0v) is 11.2. The van der Waals surface area contributed by atoms with Crippen LogP contribution in [0.15, 0.2) is 0 Å². The molecule has 1 rings (SSSR count). The van der Waals surface area contributed by atoms with Gasteiger partial charge in [-0.1, -0.05) is 0 Å². The molecule has 1 fully saturated rings. The van der Waals surface area contributed by atoms with Gasteiger partial charge in [0.25, 0.3) is 0 Å². The van der Waals surface area contributed by atoms with E-state index in [1.165, 1.54) is 7.05 Å². The standard InChI is InChI=1S/C10H21N3O3S/c1-11-6-5-10(14)13-7-3-4-9(13)8-17(15,16)12-2/h9,11-12H,3-8H2,1-2H3. The van der Waals surface area contributed by atoms with Gasteiger partial charge in [0.05, 0.1) is 5.75 Å². The highest BCUT2D eigenvalue weighted by Gasteiger charge is 2.31. The van der Waals surface area contributed by atoms with Crippen LogP contribution in [0.1, 0.15) is 19.3 Å². The zero-order chi connectivity index (χ0) is 12.9. The summed E-state index contributed by atoms with van der Waals surface area (Å²) >= 11 is 0. The molecule has 1 aliphatic heterocycles. The zero-order valence-electron chi connectivity index (χ0n) is 10.4. The van der Waals surface area contributed by atoms with Gasteiger partial charge in [0.15, 0.2) is 0 Å². The lowest BCUT2D eigenvalue weighted by Crippen LogP contribution is -2.42. The third-order valence-corrected chi connectivity index (χ3v) is 4.45. The Morgan fingerprint density at radius 2 is 2.12 bits per heavy atom. The van der Waals surface area contributed by atoms with E-state index >= 15 is 0 Å². The van der Waals surface area contributed by atoms with Crippen molar-refractivity contribution in [1.82, 2.24) is 14.9 Å². The van der Waals surface area contributed by atoms with Crippen molar-refractivity contribution >= 4 is 15.9 Å². The fraction of sp³-hybridized carbons (Fsp3) is 0.900. The van der Waals surface area contributed by atoms with Crippen molar-refractivity contribution in [2.75, 3.05) is 32.9 Å². The van der Waals surface area contributed by atoms with E-state index in [4.69, 9.17) is 0 Å². The quantitative estimate of drug-likeness (QED) is 0.653. The predicted molar refractivity (Wildman–Crippen MR) is 66.1 cm³/mol. The summed E-state index contributed by atoms with van der Waals surface area (Å²) in [5.41, 5.74) is 0. The molecule has 17 heavy (non-hydrogen) atoms. The van der Waals surface area contributed by atoms with Gasteiger partial charge in [-0.05, 0) is 26.9 Å². The molecule has 0 aromatic rings. The van der Waals surface area contributed by atoms with E-state index in [2.05, 4.69) is 10.0 Å². The van der Waals surface area contributed by atoms with Gasteiger partial charge in [-0.2, -0.15) is 0 Å². The normalized spacial score (nSPS) is 20.8. The summed E-state index contributed by atoms with van der Waals surface area (Å²) in [7, 11) is -0.0573. The summed E-state index contributed by atoms with van der Waals surface area (Å²) < 4.78 is 25.2. The summed E-state index contributed by atoms with van der Waals surface area (Å²) in [6.07, 6.45) is 2.08. The average Bonchev–Trinajstić information content (AvgIpc) is 2.73. The van der Waals surface area contributed by atoms with Crippen molar-refractivity contribution in [1.29, 1.82) is 0 Å². The molecule has 0 spiro atoms. The molecule has 100 valence electrons. The fourth-order valence-electron chi connectivity index (χ4n) is 2.05. The van der Waals surface area contributed by atoms with Gasteiger partial charge in [0.2, 0.25) is 15.9 Å². The first-order valence-corrected chi connectivity index (χ1v) is 7.50. The monoisotopic (exact) mass is 263 g/mol. The molecule has 7 heteroatoms. The van der Waals surface area contributed by atoms with Gasteiger partial charge in [0.1, 0.15) is 0 Å². The number of nitrogens with one attached hydrogen (secondary N) is 2. The van der Waals surface area contributed by atoms with E-state index in [1.54, 1.807) is 11.9 Å². The fourth-order valence-corrected chi connectivity index (χ4v) is 3.07. The molecular formula is C10H21N3O3S. The lowest BCUT2D eigenvalue weighted by molar-refractivity contribution is -0.131. The minimum atomic E-state index is -3.25. The summed E-state index contributed by atoms with van der Waals surface area (Å²) in [6, 6.07) is -0.170. The molecule has 0 aromatic heterocycles. The Labute approximate surface area is 103 Å². The molecule has 0 radical (unpaired) electrons. The van der Waals surface area contributed by atoms with Crippen molar-refractivity contribution < 1.29 is 13.2 Å². The van der Waals surface area contributed by atoms with Crippen LogP contribution in [0.25, 0.3) is 0 Å². The smallest absolute Gasteiger partial charge is 0.224 e. The lowest BCUT2D eigenvalue weighted by Gasteiger charge is -2.24. The SMILES string of the molecule is CNCCC(=O)N1CCCC1CS(=O)(=O)NC. The van der Waals surface area contributed by atoms with E-state index in [1.807, 2.05) is 0 Å². The minimum Gasteiger partial charge on any atom is -0.339 e. The van der Waals surface area contributed by atoms with Crippen molar-refractivity contribution in [3.63, 3.8) is 0 Å². The number of carbonyl (C=O) groups is 1. The number of rotatable bonds is 6. The summed E-state index contributed by atoms with van der Waals surface area (Å²) in [5.74, 6) is 0.0441. The molecule has 1 saturated heterocycles. The summed E-state index contributed by atoms with van der Waals surface area (Å²) in [4.78, 5) is 13.6. The van der Waals surface area contributed by atoms with Crippen LogP contribution in [0.5, 0.6) is 0 Å². The maximum Gasteiger partial charge on any atom is 0.224 e. The van der Waals surface area contributed by atoms with Crippen LogP contribution in [0.4, 0.5) is 0 Å². The van der Waals surface area contributed by atoms with Crippen LogP contribution in [0.3, 0.4) is 0 Å². The van der Waals surface area contributed by atoms with Gasteiger partial charge in [-0.3, -0.25) is 4.79 Å². The van der Waals surface area contributed by atoms with E-state index in [0.717, 1.165) is 12.8 Å². The topological polar surface area (TPSA) is 78.5 Å². The lowest BCUT2D eigenvalue weighted by atomic mass is 10.2. The van der Waals surface area contributed by atoms with Gasteiger partial charge in [-0.25, -0.2) is 13.1 Å². The predicted octanol–water partition coefficient (Wildman–Crippen LogP) is -0.864. The molecule has 0 saturated carbocycles. The number of sulfonamides is 1. The molecule has 1 heterocycles. The van der Waals surface area contributed by atoms with Crippen LogP contribution in [0, 0.1) is 0 Å². The first-order chi connectivity index (χ1) is 8.00. The van der Waals surface area contributed by atoms with E-state index in [9.17, 15) is 13.2 Å². The van der Waals surface area contributed by atoms with E-state index in [-0.39, 0.29) is 17.7 Å². The Bertz CT molecular complexity index is 356. The van der Waals surface area contributed by atoms with Gasteiger partial charge in [-0.15, -0.1) is 0 Å². The number of carbonyl (C=O) groups excluding carboxylic acids is 1. The van der Waals surface area contributed by atoms with Crippen molar-refractivity contribution in [3.05, 3.63) is 0 Å². The largest absolute Gasteiger partial charge is 0.339 e. The van der Waals surface area contributed by atoms with Gasteiger partial charge < -0.3 is 10.2 Å². The molecule has 0 aliphatic carbocycles. The summed E-state index contributed by atoms with van der Waals surface area (Å²) in [6.45, 7) is 1.30. The van der Waals surface area contributed by atoms with Crippen LogP contribution in [-0.2, 0) is 14.8 Å². The third kappa shape index (κ3) is 4.25. The highest BCUT2D eigenvalue weighted by atomic mass is 32.2. The Kier molecular flexibility index (Phi) is 5.35. The number of hydrogen-bond donors (Lipinski definition) is 2. The van der Waals surface area contributed by atoms with Crippen LogP contribution in [-0.4, -0.2) is 58.2 Å². The van der Waals surface area contributed by atoms with E-state index in [0.29, 0.717) is 19.5 Å². The minimum absolute atomic E-state index is 0.00872. The second-order valence-corrected chi connectivity index (χ2v) is 6.19. The Balaban J connectivity index is 2.57. The number of likely N-dealkylation sites (tertiary alicyclic amines) is 1. The molecule has 1 aliphatic rings. The maximum atomic E-state index is 11.9. The first-order valence-electron chi connectivity index (χ1n) is 5.85. The average molecular weight is 263 g/mol.